The van der Waals surface area contributed by atoms with Gasteiger partial charge in [-0.3, -0.25) is 43.2 Å². The number of carbonyl (C=O) groups excluding carboxylic acids is 9. The first-order valence-electron chi connectivity index (χ1n) is 42.9. The summed E-state index contributed by atoms with van der Waals surface area (Å²) in [6.07, 6.45) is -26.7. The molecule has 6 aliphatic heterocycles. The van der Waals surface area contributed by atoms with E-state index in [0.29, 0.717) is 0 Å². The molecule has 8 bridgehead atoms. The lowest BCUT2D eigenvalue weighted by molar-refractivity contribution is -0.394. The van der Waals surface area contributed by atoms with E-state index in [-0.39, 0.29) is 87.5 Å². The molecule has 4 saturated heterocycles. The number of aromatic nitrogens is 4. The second kappa shape index (κ2) is 39.7. The molecule has 0 radical (unpaired) electrons. The maximum atomic E-state index is 17.7. The van der Waals surface area contributed by atoms with Gasteiger partial charge in [-0.25, -0.2) is 9.97 Å². The lowest BCUT2D eigenvalue weighted by Crippen LogP contribution is -2.63. The Balaban J connectivity index is 1.13. The monoisotopic (exact) mass is 1860 g/mol. The molecule has 32 nitrogen and oxygen atoms in total. The molecule has 9 heterocycles. The molecular formula is C95H102F6N4O28. The second-order valence-electron chi connectivity index (χ2n) is 33.9. The lowest BCUT2D eigenvalue weighted by atomic mass is 9.75. The van der Waals surface area contributed by atoms with Crippen molar-refractivity contribution in [2.45, 2.75) is 214 Å². The lowest BCUT2D eigenvalue weighted by Gasteiger charge is -2.43. The van der Waals surface area contributed by atoms with Crippen molar-refractivity contribution in [2.24, 2.45) is 41.4 Å². The molecule has 10 unspecified atom stereocenters. The number of nitrogens with one attached hydrogen (secondary N) is 2. The van der Waals surface area contributed by atoms with Crippen LogP contribution >= 0.6 is 0 Å². The molecule has 133 heavy (non-hydrogen) atoms. The molecule has 13 rings (SSSR count). The summed E-state index contributed by atoms with van der Waals surface area (Å²) >= 11 is 0. The maximum Gasteiger partial charge on any atom is 0.426 e. The largest absolute Gasteiger partial charge is 0.464 e. The molecule has 0 amide bonds. The quantitative estimate of drug-likeness (QED) is 0.0234. The number of nitrogens with zero attached hydrogens (tertiary/aromatic N) is 2. The first-order chi connectivity index (χ1) is 62.7. The molecular weight excluding hydrogens is 1760 g/mol. The van der Waals surface area contributed by atoms with E-state index in [9.17, 15) is 53.4 Å². The van der Waals surface area contributed by atoms with Gasteiger partial charge in [0.2, 0.25) is 36.4 Å². The van der Waals surface area contributed by atoms with Gasteiger partial charge in [-0.1, -0.05) is 97.0 Å². The van der Waals surface area contributed by atoms with E-state index in [1.165, 1.54) is 101 Å². The van der Waals surface area contributed by atoms with Crippen molar-refractivity contribution in [1.82, 2.24) is 19.9 Å². The van der Waals surface area contributed by atoms with Crippen LogP contribution in [0.1, 0.15) is 134 Å². The second-order valence-corrected chi connectivity index (χ2v) is 33.9. The van der Waals surface area contributed by atoms with E-state index in [1.54, 1.807) is 64.1 Å². The molecule has 0 aliphatic carbocycles. The summed E-state index contributed by atoms with van der Waals surface area (Å²) in [5.74, 6) is -11.5. The number of aliphatic hydroxyl groups is 2. The number of hydrogen-bond acceptors (Lipinski definition) is 30. The molecule has 7 aromatic rings. The normalized spacial score (nSPS) is 28.0. The fourth-order valence-electron chi connectivity index (χ4n) is 17.4. The van der Waals surface area contributed by atoms with Gasteiger partial charge in [-0.05, 0) is 125 Å². The predicted octanol–water partition coefficient (Wildman–Crippen LogP) is 14.1. The van der Waals surface area contributed by atoms with Crippen LogP contribution < -0.4 is 18.9 Å². The van der Waals surface area contributed by atoms with E-state index >= 15 is 26.3 Å². The Kier molecular flexibility index (Phi) is 29.3. The smallest absolute Gasteiger partial charge is 0.426 e. The van der Waals surface area contributed by atoms with Gasteiger partial charge < -0.3 is 101 Å². The van der Waals surface area contributed by atoms with Crippen LogP contribution in [0.3, 0.4) is 0 Å². The minimum atomic E-state index is -6.66. The summed E-state index contributed by atoms with van der Waals surface area (Å²) < 4.78 is 209. The van der Waals surface area contributed by atoms with E-state index in [2.05, 4.69) is 15.0 Å². The topological polar surface area (TPSA) is 408 Å². The zero-order valence-electron chi connectivity index (χ0n) is 75.2. The Hall–Kier alpha value is -12.5. The Morgan fingerprint density at radius 2 is 0.594 bits per heavy atom. The molecule has 3 aromatic heterocycles. The summed E-state index contributed by atoms with van der Waals surface area (Å²) in [4.78, 5) is 130. The number of hydrogen-bond donors (Lipinski definition) is 4. The summed E-state index contributed by atoms with van der Waals surface area (Å²) in [6, 6.07) is 26.6. The first-order valence-corrected chi connectivity index (χ1v) is 42.9. The van der Waals surface area contributed by atoms with Crippen molar-refractivity contribution < 1.29 is 160 Å². The first kappa shape index (κ1) is 98.0. The van der Waals surface area contributed by atoms with Crippen LogP contribution in [-0.2, 0) is 116 Å². The molecule has 4 fully saturated rings. The van der Waals surface area contributed by atoms with Gasteiger partial charge in [0.15, 0.2) is 24.4 Å². The molecule has 4 aromatic carbocycles. The highest BCUT2D eigenvalue weighted by molar-refractivity contribution is 5.98. The predicted molar refractivity (Wildman–Crippen MR) is 457 cm³/mol. The Morgan fingerprint density at radius 3 is 0.887 bits per heavy atom. The van der Waals surface area contributed by atoms with Crippen molar-refractivity contribution >= 4 is 87.9 Å². The summed E-state index contributed by atoms with van der Waals surface area (Å²) in [7, 11) is 0. The van der Waals surface area contributed by atoms with E-state index in [0.717, 1.165) is 65.0 Å². The third-order valence-electron chi connectivity index (χ3n) is 24.6. The maximum absolute atomic E-state index is 17.7. The van der Waals surface area contributed by atoms with Crippen LogP contribution in [0.15, 0.2) is 121 Å². The molecule has 0 saturated carbocycles. The minimum Gasteiger partial charge on any atom is -0.464 e. The average Bonchev–Trinajstić information content (AvgIpc) is 1.51. The number of ether oxygens (including phenoxy) is 17. The molecule has 22 atom stereocenters. The van der Waals surface area contributed by atoms with Gasteiger partial charge in [-0.2, -0.15) is 26.3 Å². The number of fused-ring (bicyclic) bond motifs is 8. The Labute approximate surface area is 758 Å². The number of benzene rings is 4. The van der Waals surface area contributed by atoms with Crippen LogP contribution in [0.25, 0.3) is 78.7 Å². The van der Waals surface area contributed by atoms with Gasteiger partial charge in [0.25, 0.3) is 0 Å². The van der Waals surface area contributed by atoms with Crippen molar-refractivity contribution in [3.05, 3.63) is 144 Å². The van der Waals surface area contributed by atoms with Crippen molar-refractivity contribution in [1.29, 1.82) is 0 Å². The summed E-state index contributed by atoms with van der Waals surface area (Å²) in [5, 5.41) is 27.0. The van der Waals surface area contributed by atoms with Crippen LogP contribution in [0.4, 0.5) is 26.3 Å². The highest BCUT2D eigenvalue weighted by Gasteiger charge is 2.82. The van der Waals surface area contributed by atoms with Crippen LogP contribution in [0.5, 0.6) is 23.0 Å². The van der Waals surface area contributed by atoms with Gasteiger partial charge >= 0.3 is 66.1 Å². The Bertz CT molecular complexity index is 5780. The fourth-order valence-corrected chi connectivity index (χ4v) is 17.4. The molecule has 712 valence electrons. The number of esters is 9. The van der Waals surface area contributed by atoms with Crippen LogP contribution in [0.2, 0.25) is 0 Å². The number of rotatable bonds is 25. The number of halogens is 6. The third kappa shape index (κ3) is 20.8. The van der Waals surface area contributed by atoms with Gasteiger partial charge in [-0.15, -0.1) is 0 Å². The van der Waals surface area contributed by atoms with E-state index in [1.807, 2.05) is 13.8 Å². The Morgan fingerprint density at radius 1 is 0.331 bits per heavy atom. The number of carbonyl (C=O) groups is 9. The third-order valence-corrected chi connectivity index (χ3v) is 24.6. The van der Waals surface area contributed by atoms with Crippen molar-refractivity contribution in [2.75, 3.05) is 26.4 Å². The summed E-state index contributed by atoms with van der Waals surface area (Å²) in [6.45, 7) is 20.9. The SMILES string of the molecule is CC(=O)OCC1O[C@@H](Oc2cccc(-c3c4nc(c(-c5cccc(O[C@@H]6OC(COC(C)=O)[C@@H](C)[C@H](C)C6OC(C)=O)c5)c5ccc([nH]5)c(-c5cccc(O[C@@H]6OC(COC(C)=O)[C@@H](C)[C@H](C)C6OC(C)=O)c5)c5nc(c(-c6cccc(OC7O[C@H](COC(C)=O)C(OC(C)=O)[C@@H](OC(C)=O)[C@H]7C)c6)c6ccc3[nH]6)C(O)(C(F)(F)F)C5(O)C(F)(F)F)C=C4)c2)C(OC(C)=O)[C@@H](C)[C@@H]1C. The van der Waals surface area contributed by atoms with E-state index in [4.69, 9.17) is 85.5 Å². The van der Waals surface area contributed by atoms with Gasteiger partial charge in [0, 0.05) is 124 Å². The number of H-pyrrole nitrogens is 2. The van der Waals surface area contributed by atoms with Crippen molar-refractivity contribution in [3.63, 3.8) is 0 Å². The minimum absolute atomic E-state index is 0.0178. The summed E-state index contributed by atoms with van der Waals surface area (Å²) in [5.41, 5.74) is -18.9. The van der Waals surface area contributed by atoms with E-state index < -0.39 is 250 Å². The average molecular weight is 1860 g/mol. The number of alkyl halides is 6. The molecule has 38 heteroatoms. The number of aromatic amines is 2. The standard InChI is InChI=1S/C95H102F6N4O28/c1-43-46(4)82(122-55(13)111)89(130-73(43)39-117-50(8)106)127-64-26-17-21-59(35-64)77-67-29-30-68(102-67)78(60-22-18-27-65(36-60)128-90-83(123-56(14)112)47(5)44(2)74(131-90)40-118-51(9)107)70-32-34-72(104-70)80(62-24-20-28-66(38-62)129-91-84(124-57(15)113)48(6)45(3)75(132-91)41-119-52(10)108)87-93(116,95(99,100)101)92(115,94(96,97)98)86(105-87)79(71-33-31-69(77)103-71)61-23-19-25-63(37-61)126-88-49(7)81(121-54(12)110)85(125-58(16)114)76(133-88)42-120-53(11)109/h17-38,43-49,73-76,81-85,88-91,103-104,115-116H,39-42H2,1-16H3/t43-,44-,45-,46-,47-,48-,49+,73?,74?,75?,76+,81-,82?,83?,84?,85?,88?,89+,90+,91+,92?,93?/m0/s1. The molecule has 6 aliphatic rings. The molecule has 4 N–H and O–H groups in total. The van der Waals surface area contributed by atoms with Crippen LogP contribution in [0, 0.1) is 41.4 Å². The highest BCUT2D eigenvalue weighted by Crippen LogP contribution is 2.63. The molecule has 0 spiro atoms. The van der Waals surface area contributed by atoms with Gasteiger partial charge in [0.05, 0.1) is 47.0 Å². The van der Waals surface area contributed by atoms with Gasteiger partial charge in [0.1, 0.15) is 61.6 Å². The van der Waals surface area contributed by atoms with Crippen molar-refractivity contribution in [3.8, 4) is 67.5 Å². The highest BCUT2D eigenvalue weighted by atomic mass is 19.4. The fraction of sp³-hybridized carbons (Fsp3) is 0.463. The zero-order chi connectivity index (χ0) is 96.5. The van der Waals surface area contributed by atoms with Crippen LogP contribution in [-0.4, -0.2) is 203 Å². The zero-order valence-corrected chi connectivity index (χ0v) is 75.2.